The van der Waals surface area contributed by atoms with Gasteiger partial charge in [0.15, 0.2) is 0 Å². The van der Waals surface area contributed by atoms with Gasteiger partial charge in [-0.05, 0) is 172 Å². The van der Waals surface area contributed by atoms with E-state index in [1.807, 2.05) is 0 Å². The molecule has 16 aromatic carbocycles. The van der Waals surface area contributed by atoms with Gasteiger partial charge < -0.3 is 18.8 Å². The molecule has 482 valence electrons. The number of rotatable bonds is 10. The maximum absolute atomic E-state index is 2.78. The lowest BCUT2D eigenvalue weighted by atomic mass is 9.45. The van der Waals surface area contributed by atoms with Gasteiger partial charge in [-0.15, -0.1) is 0 Å². The molecule has 0 bridgehead atoms. The fraction of sp³-hybridized carbons (Fsp3) is 0.0101. The number of fused-ring (bicyclic) bond motifs is 13. The molecular formula is C99H63BN4. The van der Waals surface area contributed by atoms with Crippen molar-refractivity contribution in [1.82, 2.24) is 9.05 Å². The smallest absolute Gasteiger partial charge is 0.333 e. The fourth-order valence-electron chi connectivity index (χ4n) is 18.0. The van der Waals surface area contributed by atoms with Crippen LogP contribution in [0.25, 0.3) is 144 Å². The van der Waals surface area contributed by atoms with Gasteiger partial charge in [-0.2, -0.15) is 0 Å². The third-order valence-electron chi connectivity index (χ3n) is 22.7. The third-order valence-corrected chi connectivity index (χ3v) is 22.7. The molecule has 22 rings (SSSR count). The number of benzene rings is 16. The van der Waals surface area contributed by atoms with Crippen molar-refractivity contribution in [1.29, 1.82) is 0 Å². The molecule has 0 aliphatic carbocycles. The van der Waals surface area contributed by atoms with Crippen molar-refractivity contribution in [3.63, 3.8) is 0 Å². The summed E-state index contributed by atoms with van der Waals surface area (Å²) < 4.78 is 5.55. The lowest BCUT2D eigenvalue weighted by Crippen LogP contribution is -2.56. The highest BCUT2D eigenvalue weighted by Crippen LogP contribution is 2.60. The molecule has 0 fully saturated rings. The summed E-state index contributed by atoms with van der Waals surface area (Å²) in [6.07, 6.45) is 0. The van der Waals surface area contributed by atoms with Crippen molar-refractivity contribution < 1.29 is 0 Å². The van der Waals surface area contributed by atoms with Gasteiger partial charge in [-0.25, -0.2) is 0 Å². The second-order valence-electron chi connectivity index (χ2n) is 28.2. The van der Waals surface area contributed by atoms with E-state index in [0.717, 1.165) is 33.6 Å². The Labute approximate surface area is 604 Å². The van der Waals surface area contributed by atoms with Gasteiger partial charge in [-0.3, -0.25) is 0 Å². The molecule has 18 aromatic rings. The summed E-state index contributed by atoms with van der Waals surface area (Å²) in [6.45, 7) is -0.150. The van der Waals surface area contributed by atoms with Crippen molar-refractivity contribution in [2.45, 2.75) is 6.04 Å². The van der Waals surface area contributed by atoms with Gasteiger partial charge in [0.1, 0.15) is 0 Å². The molecule has 0 spiro atoms. The predicted molar refractivity (Wildman–Crippen MR) is 436 cm³/mol. The summed E-state index contributed by atoms with van der Waals surface area (Å²) in [4.78, 5) is 5.14. The van der Waals surface area contributed by atoms with Crippen molar-refractivity contribution in [3.8, 4) is 111 Å². The van der Waals surface area contributed by atoms with Crippen LogP contribution in [0.1, 0.15) is 17.2 Å². The maximum atomic E-state index is 2.78. The Morgan fingerprint density at radius 2 is 0.567 bits per heavy atom. The number of nitrogens with zero attached hydrogens (tertiary/aromatic N) is 4. The molecule has 0 N–H and O–H groups in total. The first-order chi connectivity index (χ1) is 51.6. The van der Waals surface area contributed by atoms with Crippen LogP contribution in [0.3, 0.4) is 0 Å². The van der Waals surface area contributed by atoms with E-state index in [1.165, 1.54) is 167 Å². The molecule has 6 heterocycles. The first-order valence-electron chi connectivity index (χ1n) is 36.2. The average Bonchev–Trinajstić information content (AvgIpc) is 1.49. The Morgan fingerprint density at radius 1 is 0.221 bits per heavy atom. The van der Waals surface area contributed by atoms with Gasteiger partial charge in [-0.1, -0.05) is 315 Å². The van der Waals surface area contributed by atoms with E-state index in [9.17, 15) is 0 Å². The SMILES string of the molecule is c1ccc(-c2ccc(-c3cc(-c4ccc(-c5ccccc5)cc4)cc(N4c5ccccc5B5c6c(cccc64)-c4cccc6c4n5c4c5cccc7c5n(c64)C4c5ccccc5N(c5cc(-c6ccc(-c8ccccc8)cc6)cc(-c6ccc(-c8ccccc8)cc6)c5)c5cccc-7c54)c3)cc2)cc1. The van der Waals surface area contributed by atoms with Crippen LogP contribution >= 0.6 is 0 Å². The molecule has 1 unspecified atom stereocenters. The highest BCUT2D eigenvalue weighted by Gasteiger charge is 2.46. The van der Waals surface area contributed by atoms with Crippen LogP contribution < -0.4 is 20.7 Å². The maximum Gasteiger partial charge on any atom is 0.333 e. The summed E-state index contributed by atoms with van der Waals surface area (Å²) >= 11 is 0. The Balaban J connectivity index is 0.720. The first kappa shape index (κ1) is 58.3. The van der Waals surface area contributed by atoms with Crippen molar-refractivity contribution >= 4 is 84.7 Å². The summed E-state index contributed by atoms with van der Waals surface area (Å²) in [6, 6.07) is 140. The summed E-state index contributed by atoms with van der Waals surface area (Å²) in [7, 11) is 0. The minimum Gasteiger partial charge on any atom is -0.374 e. The van der Waals surface area contributed by atoms with E-state index in [2.05, 4.69) is 395 Å². The number of anilines is 6. The molecule has 0 radical (unpaired) electrons. The van der Waals surface area contributed by atoms with Crippen LogP contribution in [0.15, 0.2) is 376 Å². The molecule has 4 aliphatic rings. The van der Waals surface area contributed by atoms with Gasteiger partial charge in [0.25, 0.3) is 0 Å². The largest absolute Gasteiger partial charge is 0.374 e. The molecule has 1 atom stereocenters. The lowest BCUT2D eigenvalue weighted by Gasteiger charge is -2.42. The summed E-state index contributed by atoms with van der Waals surface area (Å²) in [5, 5.41) is 2.53. The van der Waals surface area contributed by atoms with E-state index in [4.69, 9.17) is 0 Å². The number of aromatic nitrogens is 2. The zero-order valence-electron chi connectivity index (χ0n) is 56.7. The van der Waals surface area contributed by atoms with E-state index >= 15 is 0 Å². The minimum atomic E-state index is -0.150. The molecule has 0 saturated carbocycles. The first-order valence-corrected chi connectivity index (χ1v) is 36.2. The van der Waals surface area contributed by atoms with Gasteiger partial charge in [0.05, 0.1) is 34.0 Å². The molecule has 2 aromatic heterocycles. The number of hydrogen-bond donors (Lipinski definition) is 0. The van der Waals surface area contributed by atoms with E-state index in [-0.39, 0.29) is 12.9 Å². The van der Waals surface area contributed by atoms with Crippen molar-refractivity contribution in [2.75, 3.05) is 9.80 Å². The van der Waals surface area contributed by atoms with Crippen LogP contribution in [-0.2, 0) is 0 Å². The van der Waals surface area contributed by atoms with Crippen LogP contribution in [0.5, 0.6) is 0 Å². The van der Waals surface area contributed by atoms with Crippen LogP contribution in [0.2, 0.25) is 0 Å². The standard InChI is InChI=1S/C99H63BN4/c1-5-21-63(22-6-1)67-41-49-71(50-42-67)75-57-76(72-51-43-68(44-52-72)64-23-7-2-8-24-64)60-79(59-75)101-89-37-15-13-29-85(89)97-93-81(30-19-39-91(93)101)83-32-17-34-86-95(83)103(97)98-87-35-18-33-84-82-31-20-40-92-94(82)100(104(96(84)87)99(86)98)88-36-14-16-38-90(88)102(92)80-61-77(73-53-45-69(46-54-73)65-25-9-3-10-26-65)58-78(62-80)74-55-47-70(48-56-74)66-27-11-4-12-28-66/h1-62,97H. The number of para-hydroxylation sites is 4. The van der Waals surface area contributed by atoms with Gasteiger partial charge >= 0.3 is 6.85 Å². The molecule has 104 heavy (non-hydrogen) atoms. The van der Waals surface area contributed by atoms with Crippen LogP contribution in [0, 0.1) is 0 Å². The average molecular weight is 1320 g/mol. The second kappa shape index (κ2) is 23.0. The molecule has 0 saturated heterocycles. The summed E-state index contributed by atoms with van der Waals surface area (Å²) in [5.74, 6) is 0. The van der Waals surface area contributed by atoms with Crippen LogP contribution in [-0.4, -0.2) is 15.9 Å². The lowest BCUT2D eigenvalue weighted by molar-refractivity contribution is 0.713. The third kappa shape index (κ3) is 8.87. The molecule has 4 nitrogen and oxygen atoms in total. The second-order valence-corrected chi connectivity index (χ2v) is 28.2. The molecule has 0 amide bonds. The van der Waals surface area contributed by atoms with Crippen LogP contribution in [0.4, 0.5) is 34.1 Å². The monoisotopic (exact) mass is 1320 g/mol. The quantitative estimate of drug-likeness (QED) is 0.127. The fourth-order valence-corrected chi connectivity index (χ4v) is 18.0. The van der Waals surface area contributed by atoms with Crippen molar-refractivity contribution in [3.05, 3.63) is 387 Å². The summed E-state index contributed by atoms with van der Waals surface area (Å²) in [5.41, 5.74) is 41.1. The Morgan fingerprint density at radius 3 is 1.05 bits per heavy atom. The molecule has 5 heteroatoms. The van der Waals surface area contributed by atoms with E-state index in [1.54, 1.807) is 0 Å². The van der Waals surface area contributed by atoms with Gasteiger partial charge in [0, 0.05) is 61.3 Å². The Hall–Kier alpha value is -13.5. The highest BCUT2D eigenvalue weighted by atomic mass is 15.2. The highest BCUT2D eigenvalue weighted by molar-refractivity contribution is 6.90. The van der Waals surface area contributed by atoms with E-state index < -0.39 is 0 Å². The minimum absolute atomic E-state index is 0.150. The van der Waals surface area contributed by atoms with Crippen molar-refractivity contribution in [2.24, 2.45) is 0 Å². The number of hydrogen-bond acceptors (Lipinski definition) is 2. The topological polar surface area (TPSA) is 16.3 Å². The zero-order chi connectivity index (χ0) is 68.1. The predicted octanol–water partition coefficient (Wildman–Crippen LogP) is 24.9. The normalized spacial score (nSPS) is 13.4. The Bertz CT molecular complexity index is 5900. The molecule has 4 aliphatic heterocycles. The Kier molecular flexibility index (Phi) is 12.9. The van der Waals surface area contributed by atoms with Gasteiger partial charge in [0.2, 0.25) is 0 Å². The van der Waals surface area contributed by atoms with E-state index in [0.29, 0.717) is 0 Å². The zero-order valence-corrected chi connectivity index (χ0v) is 56.7. The molecular weight excluding hydrogens is 1260 g/mol.